The molecule has 0 radical (unpaired) electrons. The van der Waals surface area contributed by atoms with Crippen LogP contribution < -0.4 is 10.2 Å². The number of hydrogen-bond acceptors (Lipinski definition) is 5. The topological polar surface area (TPSA) is 50.3 Å². The number of nitrogens with one attached hydrogen (secondary N) is 1. The van der Waals surface area contributed by atoms with E-state index in [0.717, 1.165) is 56.7 Å². The Kier molecular flexibility index (Phi) is 4.85. The smallest absolute Gasteiger partial charge is 0.227 e. The Labute approximate surface area is 131 Å². The van der Waals surface area contributed by atoms with Gasteiger partial charge in [0.2, 0.25) is 5.95 Å². The largest absolute Gasteiger partial charge is 0.378 e. The molecular formula is C17H22N4O. The number of rotatable bonds is 5. The maximum atomic E-state index is 5.38. The van der Waals surface area contributed by atoms with Gasteiger partial charge >= 0.3 is 0 Å². The van der Waals surface area contributed by atoms with Gasteiger partial charge in [0.15, 0.2) is 0 Å². The zero-order valence-corrected chi connectivity index (χ0v) is 13.0. The first-order chi connectivity index (χ1) is 10.8. The number of benzene rings is 1. The van der Waals surface area contributed by atoms with Crippen LogP contribution in [0.3, 0.4) is 0 Å². The van der Waals surface area contributed by atoms with E-state index in [0.29, 0.717) is 0 Å². The summed E-state index contributed by atoms with van der Waals surface area (Å²) in [7, 11) is 0. The Bertz CT molecular complexity index is 597. The molecule has 0 amide bonds. The lowest BCUT2D eigenvalue weighted by Crippen LogP contribution is -2.37. The second-order valence-electron chi connectivity index (χ2n) is 5.46. The van der Waals surface area contributed by atoms with Crippen LogP contribution in [0.4, 0.5) is 11.8 Å². The lowest BCUT2D eigenvalue weighted by atomic mass is 10.1. The summed E-state index contributed by atoms with van der Waals surface area (Å²) in [6.07, 6.45) is 0.983. The second-order valence-corrected chi connectivity index (χ2v) is 5.46. The third-order valence-electron chi connectivity index (χ3n) is 3.70. The minimum absolute atomic E-state index is 0.744. The molecule has 3 rings (SSSR count). The highest BCUT2D eigenvalue weighted by Gasteiger charge is 2.14. The van der Waals surface area contributed by atoms with E-state index in [1.54, 1.807) is 0 Å². The summed E-state index contributed by atoms with van der Waals surface area (Å²) < 4.78 is 5.38. The van der Waals surface area contributed by atoms with Crippen molar-refractivity contribution in [3.63, 3.8) is 0 Å². The summed E-state index contributed by atoms with van der Waals surface area (Å²) in [6, 6.07) is 12.5. The standard InChI is InChI=1S/C17H22N4O/c1-14-13-16(18-8-7-15-5-3-2-4-6-15)20-17(19-14)21-9-11-22-12-10-21/h2-6,13H,7-12H2,1H3,(H,18,19,20). The highest BCUT2D eigenvalue weighted by atomic mass is 16.5. The van der Waals surface area contributed by atoms with E-state index in [4.69, 9.17) is 4.74 Å². The predicted octanol–water partition coefficient (Wildman–Crippen LogP) is 2.28. The predicted molar refractivity (Wildman–Crippen MR) is 88.4 cm³/mol. The Morgan fingerprint density at radius 1 is 1.14 bits per heavy atom. The molecule has 1 aliphatic rings. The zero-order valence-electron chi connectivity index (χ0n) is 13.0. The summed E-state index contributed by atoms with van der Waals surface area (Å²) in [5, 5.41) is 3.40. The van der Waals surface area contributed by atoms with Crippen LogP contribution in [0, 0.1) is 6.92 Å². The molecule has 5 nitrogen and oxygen atoms in total. The average molecular weight is 298 g/mol. The van der Waals surface area contributed by atoms with Crippen molar-refractivity contribution in [2.45, 2.75) is 13.3 Å². The first-order valence-corrected chi connectivity index (χ1v) is 7.77. The number of hydrogen-bond donors (Lipinski definition) is 1. The summed E-state index contributed by atoms with van der Waals surface area (Å²) >= 11 is 0. The van der Waals surface area contributed by atoms with E-state index in [1.807, 2.05) is 19.1 Å². The lowest BCUT2D eigenvalue weighted by molar-refractivity contribution is 0.122. The molecule has 0 unspecified atom stereocenters. The number of nitrogens with zero attached hydrogens (tertiary/aromatic N) is 3. The number of anilines is 2. The number of aryl methyl sites for hydroxylation is 1. The van der Waals surface area contributed by atoms with Gasteiger partial charge in [0.25, 0.3) is 0 Å². The zero-order chi connectivity index (χ0) is 15.2. The van der Waals surface area contributed by atoms with Crippen LogP contribution in [0.2, 0.25) is 0 Å². The van der Waals surface area contributed by atoms with Crippen LogP contribution in [0.1, 0.15) is 11.3 Å². The van der Waals surface area contributed by atoms with Gasteiger partial charge in [0.1, 0.15) is 5.82 Å². The van der Waals surface area contributed by atoms with Gasteiger partial charge in [-0.1, -0.05) is 30.3 Å². The molecule has 2 heterocycles. The summed E-state index contributed by atoms with van der Waals surface area (Å²) in [4.78, 5) is 11.4. The van der Waals surface area contributed by atoms with Crippen LogP contribution >= 0.6 is 0 Å². The molecule has 0 atom stereocenters. The molecule has 0 bridgehead atoms. The minimum Gasteiger partial charge on any atom is -0.378 e. The number of aromatic nitrogens is 2. The fraction of sp³-hybridized carbons (Fsp3) is 0.412. The van der Waals surface area contributed by atoms with Crippen molar-refractivity contribution in [1.29, 1.82) is 0 Å². The fourth-order valence-electron chi connectivity index (χ4n) is 2.53. The highest BCUT2D eigenvalue weighted by molar-refractivity contribution is 5.44. The first-order valence-electron chi connectivity index (χ1n) is 7.77. The minimum atomic E-state index is 0.744. The van der Waals surface area contributed by atoms with E-state index in [9.17, 15) is 0 Å². The SMILES string of the molecule is Cc1cc(NCCc2ccccc2)nc(N2CCOCC2)n1. The molecular weight excluding hydrogens is 276 g/mol. The molecule has 1 aromatic heterocycles. The normalized spacial score (nSPS) is 14.9. The van der Waals surface area contributed by atoms with E-state index in [2.05, 4.69) is 44.5 Å². The molecule has 0 spiro atoms. The molecule has 1 saturated heterocycles. The van der Waals surface area contributed by atoms with Gasteiger partial charge in [-0.2, -0.15) is 4.98 Å². The van der Waals surface area contributed by atoms with Crippen molar-refractivity contribution >= 4 is 11.8 Å². The summed E-state index contributed by atoms with van der Waals surface area (Å²) in [6.45, 7) is 6.07. The van der Waals surface area contributed by atoms with Gasteiger partial charge in [-0.3, -0.25) is 0 Å². The van der Waals surface area contributed by atoms with E-state index in [1.165, 1.54) is 5.56 Å². The summed E-state index contributed by atoms with van der Waals surface area (Å²) in [5.41, 5.74) is 2.31. The highest BCUT2D eigenvalue weighted by Crippen LogP contribution is 2.15. The van der Waals surface area contributed by atoms with Crippen molar-refractivity contribution in [3.8, 4) is 0 Å². The Balaban J connectivity index is 1.62. The van der Waals surface area contributed by atoms with Crippen LogP contribution in [-0.2, 0) is 11.2 Å². The molecule has 2 aromatic rings. The molecule has 1 aliphatic heterocycles. The lowest BCUT2D eigenvalue weighted by Gasteiger charge is -2.27. The molecule has 5 heteroatoms. The number of ether oxygens (including phenoxy) is 1. The van der Waals surface area contributed by atoms with E-state index in [-0.39, 0.29) is 0 Å². The van der Waals surface area contributed by atoms with Crippen LogP contribution in [-0.4, -0.2) is 42.8 Å². The molecule has 0 saturated carbocycles. The number of morpholine rings is 1. The van der Waals surface area contributed by atoms with Crippen molar-refractivity contribution in [1.82, 2.24) is 9.97 Å². The average Bonchev–Trinajstić information content (AvgIpc) is 2.56. The molecule has 22 heavy (non-hydrogen) atoms. The Hall–Kier alpha value is -2.14. The van der Waals surface area contributed by atoms with Crippen molar-refractivity contribution in [3.05, 3.63) is 47.7 Å². The van der Waals surface area contributed by atoms with Crippen molar-refractivity contribution < 1.29 is 4.74 Å². The Morgan fingerprint density at radius 2 is 1.91 bits per heavy atom. The van der Waals surface area contributed by atoms with E-state index < -0.39 is 0 Å². The van der Waals surface area contributed by atoms with Crippen molar-refractivity contribution in [2.75, 3.05) is 43.1 Å². The van der Waals surface area contributed by atoms with Crippen LogP contribution in [0.5, 0.6) is 0 Å². The third-order valence-corrected chi connectivity index (χ3v) is 3.70. The van der Waals surface area contributed by atoms with Gasteiger partial charge in [-0.15, -0.1) is 0 Å². The fourth-order valence-corrected chi connectivity index (χ4v) is 2.53. The molecule has 1 fully saturated rings. The van der Waals surface area contributed by atoms with E-state index >= 15 is 0 Å². The summed E-state index contributed by atoms with van der Waals surface area (Å²) in [5.74, 6) is 1.69. The molecule has 0 aliphatic carbocycles. The monoisotopic (exact) mass is 298 g/mol. The maximum absolute atomic E-state index is 5.38. The van der Waals surface area contributed by atoms with Crippen LogP contribution in [0.25, 0.3) is 0 Å². The molecule has 116 valence electrons. The second kappa shape index (κ2) is 7.22. The maximum Gasteiger partial charge on any atom is 0.227 e. The van der Waals surface area contributed by atoms with Gasteiger partial charge in [0.05, 0.1) is 13.2 Å². The van der Waals surface area contributed by atoms with Gasteiger partial charge in [0, 0.05) is 31.4 Å². The van der Waals surface area contributed by atoms with Gasteiger partial charge in [-0.25, -0.2) is 4.98 Å². The molecule has 1 aromatic carbocycles. The van der Waals surface area contributed by atoms with Crippen LogP contribution in [0.15, 0.2) is 36.4 Å². The quantitative estimate of drug-likeness (QED) is 0.917. The Morgan fingerprint density at radius 3 is 2.68 bits per heavy atom. The van der Waals surface area contributed by atoms with Gasteiger partial charge in [-0.05, 0) is 18.9 Å². The molecule has 1 N–H and O–H groups in total. The van der Waals surface area contributed by atoms with Gasteiger partial charge < -0.3 is 15.0 Å². The third kappa shape index (κ3) is 3.95. The first kappa shape index (κ1) is 14.8. The van der Waals surface area contributed by atoms with Crippen molar-refractivity contribution in [2.24, 2.45) is 0 Å².